The van der Waals surface area contributed by atoms with Gasteiger partial charge in [0.05, 0.1) is 0 Å². The van der Waals surface area contributed by atoms with Crippen LogP contribution in [0.5, 0.6) is 0 Å². The van der Waals surface area contributed by atoms with E-state index in [0.29, 0.717) is 25.2 Å². The largest absolute Gasteiger partial charge is 0.352 e. The molecule has 0 aromatic heterocycles. The van der Waals surface area contributed by atoms with Gasteiger partial charge < -0.3 is 16.4 Å². The van der Waals surface area contributed by atoms with Gasteiger partial charge in [0, 0.05) is 24.6 Å². The normalized spacial score (nSPS) is 19.5. The van der Waals surface area contributed by atoms with Crippen molar-refractivity contribution in [1.82, 2.24) is 10.6 Å². The molecular weight excluding hydrogens is 338 g/mol. The summed E-state index contributed by atoms with van der Waals surface area (Å²) in [5.41, 5.74) is 7.07. The van der Waals surface area contributed by atoms with Gasteiger partial charge in [0.2, 0.25) is 5.91 Å². The molecule has 1 fully saturated rings. The molecule has 0 aliphatic heterocycles. The number of nitrogens with one attached hydrogen (secondary N) is 2. The third kappa shape index (κ3) is 7.33. The molecule has 0 saturated heterocycles. The van der Waals surface area contributed by atoms with Gasteiger partial charge >= 0.3 is 0 Å². The summed E-state index contributed by atoms with van der Waals surface area (Å²) in [7, 11) is 0. The molecule has 5 heteroatoms. The molecule has 1 aromatic rings. The van der Waals surface area contributed by atoms with Gasteiger partial charge in [-0.05, 0) is 62.3 Å². The van der Waals surface area contributed by atoms with Gasteiger partial charge in [0.25, 0.3) is 5.91 Å². The van der Waals surface area contributed by atoms with Gasteiger partial charge in [-0.2, -0.15) is 0 Å². The van der Waals surface area contributed by atoms with Crippen molar-refractivity contribution >= 4 is 11.8 Å². The van der Waals surface area contributed by atoms with E-state index in [-0.39, 0.29) is 17.7 Å². The fourth-order valence-electron chi connectivity index (χ4n) is 3.72. The number of amides is 2. The quantitative estimate of drug-likeness (QED) is 0.550. The first-order valence-electron chi connectivity index (χ1n) is 10.5. The number of hydrogen-bond donors (Lipinski definition) is 3. The van der Waals surface area contributed by atoms with Crippen LogP contribution in [-0.2, 0) is 11.3 Å². The summed E-state index contributed by atoms with van der Waals surface area (Å²) in [6.07, 6.45) is 9.06. The summed E-state index contributed by atoms with van der Waals surface area (Å²) in [6.45, 7) is 3.91. The van der Waals surface area contributed by atoms with Crippen molar-refractivity contribution in [1.29, 1.82) is 0 Å². The molecule has 5 nitrogen and oxygen atoms in total. The summed E-state index contributed by atoms with van der Waals surface area (Å²) >= 11 is 0. The van der Waals surface area contributed by atoms with E-state index in [1.54, 1.807) is 12.1 Å². The van der Waals surface area contributed by atoms with Crippen LogP contribution in [0.2, 0.25) is 0 Å². The second kappa shape index (κ2) is 11.8. The minimum absolute atomic E-state index is 0.0844. The molecule has 150 valence electrons. The van der Waals surface area contributed by atoms with Gasteiger partial charge in [-0.25, -0.2) is 0 Å². The van der Waals surface area contributed by atoms with Crippen molar-refractivity contribution in [2.24, 2.45) is 17.6 Å². The van der Waals surface area contributed by atoms with Crippen LogP contribution in [0, 0.1) is 11.8 Å². The van der Waals surface area contributed by atoms with Gasteiger partial charge in [-0.15, -0.1) is 0 Å². The average molecular weight is 374 g/mol. The zero-order chi connectivity index (χ0) is 19.5. The topological polar surface area (TPSA) is 84.2 Å². The highest BCUT2D eigenvalue weighted by molar-refractivity contribution is 5.94. The molecule has 0 unspecified atom stereocenters. The van der Waals surface area contributed by atoms with Gasteiger partial charge in [0.1, 0.15) is 0 Å². The van der Waals surface area contributed by atoms with Crippen LogP contribution in [-0.4, -0.2) is 24.9 Å². The Labute approximate surface area is 163 Å². The van der Waals surface area contributed by atoms with E-state index < -0.39 is 0 Å². The number of carbonyl (C=O) groups is 2. The van der Waals surface area contributed by atoms with E-state index in [1.165, 1.54) is 32.1 Å². The minimum atomic E-state index is -0.0844. The third-order valence-electron chi connectivity index (χ3n) is 5.53. The van der Waals surface area contributed by atoms with E-state index in [2.05, 4.69) is 17.6 Å². The van der Waals surface area contributed by atoms with Gasteiger partial charge in [-0.3, -0.25) is 9.59 Å². The Hall–Kier alpha value is -1.88. The first kappa shape index (κ1) is 21.4. The monoisotopic (exact) mass is 373 g/mol. The Bertz CT molecular complexity index is 578. The first-order valence-corrected chi connectivity index (χ1v) is 10.5. The summed E-state index contributed by atoms with van der Waals surface area (Å²) in [5, 5.41) is 5.90. The third-order valence-corrected chi connectivity index (χ3v) is 5.53. The smallest absolute Gasteiger partial charge is 0.251 e. The molecule has 0 radical (unpaired) electrons. The van der Waals surface area contributed by atoms with Crippen LogP contribution in [0.15, 0.2) is 24.3 Å². The van der Waals surface area contributed by atoms with Crippen molar-refractivity contribution in [3.8, 4) is 0 Å². The zero-order valence-corrected chi connectivity index (χ0v) is 16.6. The lowest BCUT2D eigenvalue weighted by molar-refractivity contribution is -0.126. The van der Waals surface area contributed by atoms with Crippen molar-refractivity contribution in [2.75, 3.05) is 13.1 Å². The van der Waals surface area contributed by atoms with Gasteiger partial charge in [-0.1, -0.05) is 38.3 Å². The average Bonchev–Trinajstić information content (AvgIpc) is 2.71. The summed E-state index contributed by atoms with van der Waals surface area (Å²) in [6, 6.07) is 7.41. The molecule has 0 bridgehead atoms. The number of hydrogen-bond acceptors (Lipinski definition) is 3. The molecule has 1 aliphatic carbocycles. The minimum Gasteiger partial charge on any atom is -0.352 e. The van der Waals surface area contributed by atoms with E-state index in [0.717, 1.165) is 30.7 Å². The predicted octanol–water partition coefficient (Wildman–Crippen LogP) is 3.38. The van der Waals surface area contributed by atoms with Crippen LogP contribution in [0.3, 0.4) is 0 Å². The summed E-state index contributed by atoms with van der Waals surface area (Å²) in [5.74, 6) is 1.07. The fraction of sp³-hybridized carbons (Fsp3) is 0.636. The van der Waals surface area contributed by atoms with Crippen LogP contribution >= 0.6 is 0 Å². The van der Waals surface area contributed by atoms with Crippen LogP contribution < -0.4 is 16.4 Å². The fourth-order valence-corrected chi connectivity index (χ4v) is 3.72. The van der Waals surface area contributed by atoms with Crippen molar-refractivity contribution in [2.45, 2.75) is 64.8 Å². The van der Waals surface area contributed by atoms with Crippen LogP contribution in [0.1, 0.15) is 74.2 Å². The first-order chi connectivity index (χ1) is 13.1. The maximum Gasteiger partial charge on any atom is 0.251 e. The molecule has 2 rings (SSSR count). The lowest BCUT2D eigenvalue weighted by Gasteiger charge is -2.27. The predicted molar refractivity (Wildman–Crippen MR) is 109 cm³/mol. The number of benzene rings is 1. The maximum atomic E-state index is 12.4. The van der Waals surface area contributed by atoms with E-state index in [4.69, 9.17) is 5.73 Å². The molecule has 1 aromatic carbocycles. The molecule has 27 heavy (non-hydrogen) atoms. The molecule has 0 heterocycles. The highest BCUT2D eigenvalue weighted by atomic mass is 16.2. The molecule has 1 saturated carbocycles. The molecule has 0 spiro atoms. The molecule has 2 amide bonds. The van der Waals surface area contributed by atoms with E-state index in [1.807, 2.05) is 12.1 Å². The SMILES string of the molecule is CCCCC1CCC(C(=O)NCc2ccc(C(=O)NCCCN)cc2)CC1. The van der Waals surface area contributed by atoms with Crippen LogP contribution in [0.25, 0.3) is 0 Å². The van der Waals surface area contributed by atoms with E-state index >= 15 is 0 Å². The molecular formula is C22H35N3O2. The van der Waals surface area contributed by atoms with E-state index in [9.17, 15) is 9.59 Å². The zero-order valence-electron chi connectivity index (χ0n) is 16.6. The highest BCUT2D eigenvalue weighted by Gasteiger charge is 2.25. The molecule has 0 atom stereocenters. The molecule has 1 aliphatic rings. The Morgan fingerprint density at radius 2 is 1.74 bits per heavy atom. The summed E-state index contributed by atoms with van der Waals surface area (Å²) < 4.78 is 0. The number of rotatable bonds is 10. The van der Waals surface area contributed by atoms with Crippen molar-refractivity contribution in [3.05, 3.63) is 35.4 Å². The van der Waals surface area contributed by atoms with Gasteiger partial charge in [0.15, 0.2) is 0 Å². The summed E-state index contributed by atoms with van der Waals surface area (Å²) in [4.78, 5) is 24.4. The van der Waals surface area contributed by atoms with Crippen molar-refractivity contribution < 1.29 is 9.59 Å². The van der Waals surface area contributed by atoms with Crippen LogP contribution in [0.4, 0.5) is 0 Å². The lowest BCUT2D eigenvalue weighted by atomic mass is 9.79. The Kier molecular flexibility index (Phi) is 9.32. The number of carbonyl (C=O) groups excluding carboxylic acids is 2. The second-order valence-electron chi connectivity index (χ2n) is 7.67. The standard InChI is InChI=1S/C22H35N3O2/c1-2-3-5-17-6-10-20(11-7-17)22(27)25-16-18-8-12-19(13-9-18)21(26)24-15-4-14-23/h8-9,12-13,17,20H,2-7,10-11,14-16,23H2,1H3,(H,24,26)(H,25,27). The Morgan fingerprint density at radius 1 is 1.04 bits per heavy atom. The molecule has 4 N–H and O–H groups in total. The van der Waals surface area contributed by atoms with Crippen molar-refractivity contribution in [3.63, 3.8) is 0 Å². The highest BCUT2D eigenvalue weighted by Crippen LogP contribution is 2.32. The maximum absolute atomic E-state index is 12.4. The Balaban J connectivity index is 1.71. The lowest BCUT2D eigenvalue weighted by Crippen LogP contribution is -2.32. The number of nitrogens with two attached hydrogens (primary N) is 1. The second-order valence-corrected chi connectivity index (χ2v) is 7.67. The number of unbranched alkanes of at least 4 members (excludes halogenated alkanes) is 1. The Morgan fingerprint density at radius 3 is 2.37 bits per heavy atom.